The van der Waals surface area contributed by atoms with Crippen molar-refractivity contribution >= 4 is 25.8 Å². The molecule has 0 spiro atoms. The maximum atomic E-state index is 11.7. The van der Waals surface area contributed by atoms with Crippen LogP contribution in [0.3, 0.4) is 0 Å². The van der Waals surface area contributed by atoms with Gasteiger partial charge in [-0.2, -0.15) is 0 Å². The van der Waals surface area contributed by atoms with Gasteiger partial charge in [0, 0.05) is 18.6 Å². The van der Waals surface area contributed by atoms with E-state index < -0.39 is 8.87 Å². The van der Waals surface area contributed by atoms with Gasteiger partial charge in [0.25, 0.3) is 0 Å². The third kappa shape index (κ3) is 3.87. The van der Waals surface area contributed by atoms with Gasteiger partial charge in [-0.25, -0.2) is 13.2 Å². The quantitative estimate of drug-likeness (QED) is 0.777. The summed E-state index contributed by atoms with van der Waals surface area (Å²) in [6.45, 7) is 0.669. The summed E-state index contributed by atoms with van der Waals surface area (Å²) in [7, 11) is -2.24. The molecule has 1 aromatic rings. The van der Waals surface area contributed by atoms with Crippen molar-refractivity contribution in [2.75, 3.05) is 25.2 Å². The molecule has 104 valence electrons. The first kappa shape index (κ1) is 14.2. The molecule has 0 aromatic heterocycles. The van der Waals surface area contributed by atoms with Crippen LogP contribution in [0, 0.1) is 0 Å². The second-order valence-electron chi connectivity index (χ2n) is 4.22. The first-order chi connectivity index (χ1) is 8.97. The molecule has 0 saturated carbocycles. The SMILES string of the molecule is CS(=O)(=O)SCCN1C(=O)OC[C@H]1c1ccccc1. The van der Waals surface area contributed by atoms with Gasteiger partial charge >= 0.3 is 6.09 Å². The average molecular weight is 301 g/mol. The molecule has 1 saturated heterocycles. The Morgan fingerprint density at radius 3 is 2.68 bits per heavy atom. The molecule has 1 aromatic carbocycles. The van der Waals surface area contributed by atoms with Crippen LogP contribution in [0.2, 0.25) is 0 Å². The van der Waals surface area contributed by atoms with E-state index >= 15 is 0 Å². The van der Waals surface area contributed by atoms with E-state index in [1.54, 1.807) is 4.90 Å². The van der Waals surface area contributed by atoms with Crippen molar-refractivity contribution in [3.63, 3.8) is 0 Å². The zero-order valence-corrected chi connectivity index (χ0v) is 12.1. The summed E-state index contributed by atoms with van der Waals surface area (Å²) in [5.41, 5.74) is 0.998. The number of ether oxygens (including phenoxy) is 1. The van der Waals surface area contributed by atoms with Crippen LogP contribution in [0.25, 0.3) is 0 Å². The number of hydrogen-bond acceptors (Lipinski definition) is 5. The van der Waals surface area contributed by atoms with Crippen molar-refractivity contribution in [3.05, 3.63) is 35.9 Å². The van der Waals surface area contributed by atoms with E-state index in [-0.39, 0.29) is 12.1 Å². The van der Waals surface area contributed by atoms with Gasteiger partial charge in [0.05, 0.1) is 6.04 Å². The van der Waals surface area contributed by atoms with E-state index in [9.17, 15) is 13.2 Å². The van der Waals surface area contributed by atoms with Crippen molar-refractivity contribution in [1.82, 2.24) is 4.90 Å². The smallest absolute Gasteiger partial charge is 0.410 e. The normalized spacial score (nSPS) is 19.5. The van der Waals surface area contributed by atoms with Crippen LogP contribution in [-0.4, -0.2) is 44.6 Å². The molecule has 1 aliphatic rings. The summed E-state index contributed by atoms with van der Waals surface area (Å²) in [6.07, 6.45) is 0.775. The number of nitrogens with zero attached hydrogens (tertiary/aromatic N) is 1. The molecule has 0 N–H and O–H groups in total. The Balaban J connectivity index is 2.02. The summed E-state index contributed by atoms with van der Waals surface area (Å²) < 4.78 is 27.2. The van der Waals surface area contributed by atoms with E-state index in [1.165, 1.54) is 0 Å². The average Bonchev–Trinajstić information content (AvgIpc) is 2.71. The topological polar surface area (TPSA) is 63.7 Å². The van der Waals surface area contributed by atoms with Crippen molar-refractivity contribution in [1.29, 1.82) is 0 Å². The van der Waals surface area contributed by atoms with Crippen molar-refractivity contribution in [2.24, 2.45) is 0 Å². The van der Waals surface area contributed by atoms with Gasteiger partial charge in [-0.05, 0) is 16.4 Å². The molecule has 0 unspecified atom stereocenters. The molecule has 0 bridgehead atoms. The van der Waals surface area contributed by atoms with E-state index in [0.29, 0.717) is 18.9 Å². The fourth-order valence-corrected chi connectivity index (χ4v) is 3.64. The lowest BCUT2D eigenvalue weighted by Gasteiger charge is -2.21. The van der Waals surface area contributed by atoms with Gasteiger partial charge in [0.15, 0.2) is 8.87 Å². The number of amides is 1. The van der Waals surface area contributed by atoms with Gasteiger partial charge in [-0.15, -0.1) is 0 Å². The van der Waals surface area contributed by atoms with Gasteiger partial charge in [0.2, 0.25) is 0 Å². The van der Waals surface area contributed by atoms with E-state index in [4.69, 9.17) is 4.74 Å². The van der Waals surface area contributed by atoms with Crippen LogP contribution in [0.4, 0.5) is 4.79 Å². The third-order valence-corrected chi connectivity index (χ3v) is 5.35. The fourth-order valence-electron chi connectivity index (χ4n) is 1.94. The lowest BCUT2D eigenvalue weighted by molar-refractivity contribution is 0.159. The van der Waals surface area contributed by atoms with Gasteiger partial charge in [-0.1, -0.05) is 30.3 Å². The summed E-state index contributed by atoms with van der Waals surface area (Å²) >= 11 is 0. The van der Waals surface area contributed by atoms with Crippen molar-refractivity contribution in [2.45, 2.75) is 6.04 Å². The predicted octanol–water partition coefficient (Wildman–Crippen LogP) is 1.87. The largest absolute Gasteiger partial charge is 0.447 e. The Morgan fingerprint density at radius 1 is 1.37 bits per heavy atom. The minimum atomic E-state index is -3.08. The van der Waals surface area contributed by atoms with Crippen LogP contribution in [0.15, 0.2) is 30.3 Å². The third-order valence-electron chi connectivity index (χ3n) is 2.79. The molecule has 1 atom stereocenters. The van der Waals surface area contributed by atoms with Crippen LogP contribution >= 0.6 is 10.8 Å². The molecule has 2 rings (SSSR count). The molecule has 19 heavy (non-hydrogen) atoms. The zero-order valence-electron chi connectivity index (χ0n) is 10.5. The summed E-state index contributed by atoms with van der Waals surface area (Å²) in [6, 6.07) is 9.45. The number of hydrogen-bond donors (Lipinski definition) is 0. The fraction of sp³-hybridized carbons (Fsp3) is 0.417. The van der Waals surface area contributed by atoms with Gasteiger partial charge in [0.1, 0.15) is 6.61 Å². The molecule has 0 radical (unpaired) electrons. The summed E-state index contributed by atoms with van der Waals surface area (Å²) in [5.74, 6) is 0.345. The van der Waals surface area contributed by atoms with E-state index in [2.05, 4.69) is 0 Å². The molecule has 1 fully saturated rings. The highest BCUT2D eigenvalue weighted by molar-refractivity contribution is 8.71. The molecule has 5 nitrogen and oxygen atoms in total. The second kappa shape index (κ2) is 5.83. The Morgan fingerprint density at radius 2 is 2.05 bits per heavy atom. The Kier molecular flexibility index (Phi) is 4.36. The number of carbonyl (C=O) groups excluding carboxylic acids is 1. The number of rotatable bonds is 5. The molecule has 7 heteroatoms. The lowest BCUT2D eigenvalue weighted by atomic mass is 10.1. The monoisotopic (exact) mass is 301 g/mol. The highest BCUT2D eigenvalue weighted by atomic mass is 33.1. The van der Waals surface area contributed by atoms with Crippen molar-refractivity contribution < 1.29 is 17.9 Å². The highest BCUT2D eigenvalue weighted by Crippen LogP contribution is 2.27. The highest BCUT2D eigenvalue weighted by Gasteiger charge is 2.33. The summed E-state index contributed by atoms with van der Waals surface area (Å²) in [4.78, 5) is 13.2. The Labute approximate surface area is 116 Å². The van der Waals surface area contributed by atoms with Gasteiger partial charge < -0.3 is 4.74 Å². The predicted molar refractivity (Wildman–Crippen MR) is 74.5 cm³/mol. The van der Waals surface area contributed by atoms with Crippen LogP contribution in [0.5, 0.6) is 0 Å². The second-order valence-corrected chi connectivity index (χ2v) is 8.80. The zero-order chi connectivity index (χ0) is 13.9. The molecule has 1 aliphatic heterocycles. The Hall–Kier alpha value is -1.21. The Bertz CT molecular complexity index is 544. The molecular formula is C12H15NO4S2. The molecule has 1 heterocycles. The van der Waals surface area contributed by atoms with Crippen molar-refractivity contribution in [3.8, 4) is 0 Å². The van der Waals surface area contributed by atoms with Crippen LogP contribution in [0.1, 0.15) is 11.6 Å². The lowest BCUT2D eigenvalue weighted by Crippen LogP contribution is -2.30. The summed E-state index contributed by atoms with van der Waals surface area (Å²) in [5, 5.41) is 0. The first-order valence-corrected chi connectivity index (χ1v) is 9.19. The van der Waals surface area contributed by atoms with Gasteiger partial charge in [-0.3, -0.25) is 4.90 Å². The number of benzene rings is 1. The number of cyclic esters (lactones) is 1. The maximum Gasteiger partial charge on any atom is 0.410 e. The number of carbonyl (C=O) groups is 1. The molecular weight excluding hydrogens is 286 g/mol. The first-order valence-electron chi connectivity index (χ1n) is 5.80. The minimum Gasteiger partial charge on any atom is -0.447 e. The standard InChI is InChI=1S/C12H15NO4S2/c1-19(15,16)18-8-7-13-11(9-17-12(13)14)10-5-3-2-4-6-10/h2-6,11H,7-9H2,1H3/t11-/m0/s1. The molecule has 1 amide bonds. The van der Waals surface area contributed by atoms with E-state index in [0.717, 1.165) is 22.6 Å². The minimum absolute atomic E-state index is 0.131. The van der Waals surface area contributed by atoms with E-state index in [1.807, 2.05) is 30.3 Å². The maximum absolute atomic E-state index is 11.7. The van der Waals surface area contributed by atoms with Crippen LogP contribution < -0.4 is 0 Å². The van der Waals surface area contributed by atoms with Crippen LogP contribution in [-0.2, 0) is 13.6 Å². The molecule has 0 aliphatic carbocycles.